The van der Waals surface area contributed by atoms with Crippen LogP contribution in [0.5, 0.6) is 0 Å². The van der Waals surface area contributed by atoms with Crippen LogP contribution in [0.2, 0.25) is 5.02 Å². The van der Waals surface area contributed by atoms with Crippen LogP contribution < -0.4 is 5.73 Å². The molecule has 12 heavy (non-hydrogen) atoms. The molecule has 0 amide bonds. The Balaban J connectivity index is 3.05. The van der Waals surface area contributed by atoms with Crippen LogP contribution in [0.15, 0.2) is 18.2 Å². The van der Waals surface area contributed by atoms with Crippen molar-refractivity contribution < 1.29 is 0 Å². The molecule has 1 nitrogen and oxygen atoms in total. The molecule has 0 aliphatic carbocycles. The minimum atomic E-state index is 0.607. The maximum Gasteiger partial charge on any atom is 0.0418 e. The maximum absolute atomic E-state index is 5.77. The summed E-state index contributed by atoms with van der Waals surface area (Å²) in [4.78, 5) is 0. The summed E-state index contributed by atoms with van der Waals surface area (Å²) in [5.74, 6) is 2.58. The molecule has 0 aliphatic rings. The predicted molar refractivity (Wildman–Crippen MR) is 52.1 cm³/mol. The summed E-state index contributed by atoms with van der Waals surface area (Å²) in [5, 5.41) is 0.670. The van der Waals surface area contributed by atoms with E-state index in [1.807, 2.05) is 12.1 Å². The van der Waals surface area contributed by atoms with Crippen LogP contribution in [0.4, 0.5) is 0 Å². The molecule has 0 spiro atoms. The van der Waals surface area contributed by atoms with Gasteiger partial charge < -0.3 is 5.73 Å². The lowest BCUT2D eigenvalue weighted by Gasteiger charge is -2.02. The molecule has 1 aromatic carbocycles. The topological polar surface area (TPSA) is 26.0 Å². The third kappa shape index (κ3) is 2.01. The van der Waals surface area contributed by atoms with E-state index >= 15 is 0 Å². The van der Waals surface area contributed by atoms with E-state index in [-0.39, 0.29) is 0 Å². The van der Waals surface area contributed by atoms with Gasteiger partial charge in [0.1, 0.15) is 0 Å². The number of halogens is 1. The number of nitrogens with two attached hydrogens (primary N) is 1. The zero-order valence-electron chi connectivity index (χ0n) is 6.68. The molecular formula is C10H10ClN. The van der Waals surface area contributed by atoms with Crippen LogP contribution in [0, 0.1) is 12.3 Å². The van der Waals surface area contributed by atoms with Crippen molar-refractivity contribution in [3.63, 3.8) is 0 Å². The number of hydrogen-bond donors (Lipinski definition) is 1. The van der Waals surface area contributed by atoms with Crippen LogP contribution >= 0.6 is 11.6 Å². The van der Waals surface area contributed by atoms with Crippen molar-refractivity contribution in [2.24, 2.45) is 5.73 Å². The maximum atomic E-state index is 5.77. The summed E-state index contributed by atoms with van der Waals surface area (Å²) in [7, 11) is 0. The lowest BCUT2D eigenvalue weighted by atomic mass is 10.1. The second-order valence-corrected chi connectivity index (χ2v) is 2.92. The first kappa shape index (κ1) is 9.12. The zero-order chi connectivity index (χ0) is 8.97. The average Bonchev–Trinajstić information content (AvgIpc) is 2.08. The molecule has 0 saturated carbocycles. The first-order valence-electron chi connectivity index (χ1n) is 3.73. The van der Waals surface area contributed by atoms with Crippen molar-refractivity contribution in [1.29, 1.82) is 0 Å². The van der Waals surface area contributed by atoms with E-state index in [2.05, 4.69) is 5.92 Å². The van der Waals surface area contributed by atoms with Gasteiger partial charge in [0, 0.05) is 10.6 Å². The van der Waals surface area contributed by atoms with Gasteiger partial charge in [-0.3, -0.25) is 0 Å². The Hall–Kier alpha value is -0.970. The highest BCUT2D eigenvalue weighted by Gasteiger charge is 1.99. The molecule has 0 unspecified atom stereocenters. The predicted octanol–water partition coefficient (Wildman–Crippen LogP) is 1.82. The molecule has 0 fully saturated rings. The lowest BCUT2D eigenvalue weighted by molar-refractivity contribution is 0.965. The van der Waals surface area contributed by atoms with E-state index < -0.39 is 0 Å². The summed E-state index contributed by atoms with van der Waals surface area (Å²) >= 11 is 5.77. The average molecular weight is 180 g/mol. The van der Waals surface area contributed by atoms with E-state index in [0.717, 1.165) is 17.5 Å². The molecule has 62 valence electrons. The SMILES string of the molecule is C#Cc1cc(Cl)ccc1CCN. The molecule has 0 saturated heterocycles. The summed E-state index contributed by atoms with van der Waals surface area (Å²) < 4.78 is 0. The second-order valence-electron chi connectivity index (χ2n) is 2.48. The number of benzene rings is 1. The fourth-order valence-electron chi connectivity index (χ4n) is 1.06. The van der Waals surface area contributed by atoms with Crippen LogP contribution in [-0.4, -0.2) is 6.54 Å². The van der Waals surface area contributed by atoms with Crippen molar-refractivity contribution in [3.8, 4) is 12.3 Å². The van der Waals surface area contributed by atoms with Gasteiger partial charge in [0.15, 0.2) is 0 Å². The highest BCUT2D eigenvalue weighted by Crippen LogP contribution is 2.15. The molecule has 0 aliphatic heterocycles. The van der Waals surface area contributed by atoms with Crippen LogP contribution in [-0.2, 0) is 6.42 Å². The minimum Gasteiger partial charge on any atom is -0.330 e. The zero-order valence-corrected chi connectivity index (χ0v) is 7.43. The van der Waals surface area contributed by atoms with Gasteiger partial charge in [-0.05, 0) is 30.7 Å². The molecule has 1 rings (SSSR count). The van der Waals surface area contributed by atoms with E-state index in [9.17, 15) is 0 Å². The summed E-state index contributed by atoms with van der Waals surface area (Å²) in [5.41, 5.74) is 7.35. The third-order valence-electron chi connectivity index (χ3n) is 1.64. The van der Waals surface area contributed by atoms with Gasteiger partial charge >= 0.3 is 0 Å². The Labute approximate surface area is 77.5 Å². The Kier molecular flexibility index (Phi) is 3.16. The van der Waals surface area contributed by atoms with Crippen LogP contribution in [0.3, 0.4) is 0 Å². The highest BCUT2D eigenvalue weighted by molar-refractivity contribution is 6.30. The van der Waals surface area contributed by atoms with Gasteiger partial charge in [-0.15, -0.1) is 6.42 Å². The molecule has 0 radical (unpaired) electrons. The Morgan fingerprint density at radius 2 is 2.25 bits per heavy atom. The molecule has 0 heterocycles. The molecule has 0 atom stereocenters. The quantitative estimate of drug-likeness (QED) is 0.689. The van der Waals surface area contributed by atoms with E-state index in [0.29, 0.717) is 11.6 Å². The molecule has 0 bridgehead atoms. The van der Waals surface area contributed by atoms with Gasteiger partial charge in [-0.1, -0.05) is 23.6 Å². The standard InChI is InChI=1S/C10H10ClN/c1-2-8-7-10(11)4-3-9(8)5-6-12/h1,3-4,7H,5-6,12H2. The Bertz CT molecular complexity index is 312. The van der Waals surface area contributed by atoms with Crippen LogP contribution in [0.1, 0.15) is 11.1 Å². The normalized spacial score (nSPS) is 9.42. The van der Waals surface area contributed by atoms with E-state index in [1.54, 1.807) is 6.07 Å². The second kappa shape index (κ2) is 4.15. The van der Waals surface area contributed by atoms with Crippen molar-refractivity contribution in [2.45, 2.75) is 6.42 Å². The largest absolute Gasteiger partial charge is 0.330 e. The summed E-state index contributed by atoms with van der Waals surface area (Å²) in [6, 6.07) is 5.53. The fraction of sp³-hybridized carbons (Fsp3) is 0.200. The Morgan fingerprint density at radius 1 is 1.50 bits per heavy atom. The molecular weight excluding hydrogens is 170 g/mol. The highest BCUT2D eigenvalue weighted by atomic mass is 35.5. The van der Waals surface area contributed by atoms with Gasteiger partial charge in [-0.25, -0.2) is 0 Å². The fourth-order valence-corrected chi connectivity index (χ4v) is 1.23. The number of terminal acetylenes is 1. The van der Waals surface area contributed by atoms with E-state index in [4.69, 9.17) is 23.8 Å². The first-order valence-corrected chi connectivity index (χ1v) is 4.11. The van der Waals surface area contributed by atoms with Crippen LogP contribution in [0.25, 0.3) is 0 Å². The van der Waals surface area contributed by atoms with Gasteiger partial charge in [0.25, 0.3) is 0 Å². The monoisotopic (exact) mass is 179 g/mol. The third-order valence-corrected chi connectivity index (χ3v) is 1.88. The number of hydrogen-bond acceptors (Lipinski definition) is 1. The minimum absolute atomic E-state index is 0.607. The Morgan fingerprint density at radius 3 is 2.83 bits per heavy atom. The van der Waals surface area contributed by atoms with Crippen molar-refractivity contribution >= 4 is 11.6 Å². The molecule has 2 N–H and O–H groups in total. The lowest BCUT2D eigenvalue weighted by Crippen LogP contribution is -2.04. The van der Waals surface area contributed by atoms with Crippen molar-refractivity contribution in [1.82, 2.24) is 0 Å². The molecule has 0 aromatic heterocycles. The van der Waals surface area contributed by atoms with Gasteiger partial charge in [0.05, 0.1) is 0 Å². The molecule has 1 aromatic rings. The van der Waals surface area contributed by atoms with E-state index in [1.165, 1.54) is 0 Å². The number of rotatable bonds is 2. The summed E-state index contributed by atoms with van der Waals surface area (Å²) in [6.45, 7) is 0.607. The summed E-state index contributed by atoms with van der Waals surface area (Å²) in [6.07, 6.45) is 6.10. The van der Waals surface area contributed by atoms with Gasteiger partial charge in [0.2, 0.25) is 0 Å². The van der Waals surface area contributed by atoms with Crippen molar-refractivity contribution in [2.75, 3.05) is 6.54 Å². The first-order chi connectivity index (χ1) is 5.77. The molecule has 2 heteroatoms. The smallest absolute Gasteiger partial charge is 0.0418 e. The van der Waals surface area contributed by atoms with Crippen molar-refractivity contribution in [3.05, 3.63) is 34.3 Å². The van der Waals surface area contributed by atoms with Gasteiger partial charge in [-0.2, -0.15) is 0 Å².